The van der Waals surface area contributed by atoms with Gasteiger partial charge in [0.1, 0.15) is 19.8 Å². The van der Waals surface area contributed by atoms with Crippen LogP contribution in [0.5, 0.6) is 0 Å². The second-order valence-electron chi connectivity index (χ2n) is 20.6. The largest absolute Gasteiger partial charge is 0.756 e. The van der Waals surface area contributed by atoms with Crippen LogP contribution in [0.15, 0.2) is 72.9 Å². The molecule has 0 radical (unpaired) electrons. The van der Waals surface area contributed by atoms with Crippen molar-refractivity contribution in [1.82, 2.24) is 0 Å². The monoisotopic (exact) mass is 1020 g/mol. The molecule has 0 aliphatic heterocycles. The zero-order valence-corrected chi connectivity index (χ0v) is 47.6. The van der Waals surface area contributed by atoms with Crippen LogP contribution < -0.4 is 4.89 Å². The molecule has 0 heterocycles. The van der Waals surface area contributed by atoms with Gasteiger partial charge in [0.2, 0.25) is 0 Å². The highest BCUT2D eigenvalue weighted by molar-refractivity contribution is 7.45. The van der Waals surface area contributed by atoms with Gasteiger partial charge >= 0.3 is 11.9 Å². The molecule has 0 aromatic rings. The first-order valence-corrected chi connectivity index (χ1v) is 30.6. The van der Waals surface area contributed by atoms with E-state index in [0.717, 1.165) is 77.0 Å². The molecular weight excluding hydrogens is 906 g/mol. The lowest BCUT2D eigenvalue weighted by Gasteiger charge is -2.28. The first-order chi connectivity index (χ1) is 34.5. The molecule has 0 amide bonds. The van der Waals surface area contributed by atoms with Gasteiger partial charge in [-0.05, 0) is 64.2 Å². The molecule has 10 heteroatoms. The van der Waals surface area contributed by atoms with Crippen molar-refractivity contribution in [1.29, 1.82) is 0 Å². The number of nitrogens with zero attached hydrogens (tertiary/aromatic N) is 1. The Bertz CT molecular complexity index is 1430. The Balaban J connectivity index is 3.93. The molecule has 2 unspecified atom stereocenters. The van der Waals surface area contributed by atoms with Gasteiger partial charge in [-0.2, -0.15) is 0 Å². The van der Waals surface area contributed by atoms with E-state index in [9.17, 15) is 19.0 Å². The number of phosphoric ester groups is 1. The molecule has 0 fully saturated rings. The number of hydrogen-bond acceptors (Lipinski definition) is 8. The van der Waals surface area contributed by atoms with E-state index < -0.39 is 26.5 Å². The second-order valence-corrected chi connectivity index (χ2v) is 22.0. The van der Waals surface area contributed by atoms with Crippen molar-refractivity contribution in [3.05, 3.63) is 72.9 Å². The van der Waals surface area contributed by atoms with Crippen LogP contribution >= 0.6 is 7.82 Å². The Morgan fingerprint density at radius 2 is 0.803 bits per heavy atom. The number of rotatable bonds is 53. The minimum absolute atomic E-state index is 0.0301. The third-order valence-electron chi connectivity index (χ3n) is 12.5. The Morgan fingerprint density at radius 3 is 1.20 bits per heavy atom. The molecule has 0 rings (SSSR count). The predicted molar refractivity (Wildman–Crippen MR) is 300 cm³/mol. The topological polar surface area (TPSA) is 111 Å². The lowest BCUT2D eigenvalue weighted by atomic mass is 10.0. The average Bonchev–Trinajstić information content (AvgIpc) is 3.33. The number of allylic oxidation sites excluding steroid dienone is 12. The van der Waals surface area contributed by atoms with Gasteiger partial charge in [0.05, 0.1) is 27.7 Å². The minimum atomic E-state index is -4.63. The van der Waals surface area contributed by atoms with Crippen molar-refractivity contribution >= 4 is 19.8 Å². The normalized spacial score (nSPS) is 13.8. The van der Waals surface area contributed by atoms with Crippen molar-refractivity contribution < 1.29 is 42.1 Å². The van der Waals surface area contributed by atoms with Gasteiger partial charge in [-0.25, -0.2) is 0 Å². The highest BCUT2D eigenvalue weighted by Crippen LogP contribution is 2.38. The molecule has 0 saturated carbocycles. The maximum Gasteiger partial charge on any atom is 0.306 e. The fourth-order valence-electron chi connectivity index (χ4n) is 8.01. The number of likely N-dealkylation sites (N-methyl/N-ethyl adjacent to an activating group) is 1. The number of phosphoric acid groups is 1. The average molecular weight is 1020 g/mol. The Kier molecular flexibility index (Phi) is 50.4. The highest BCUT2D eigenvalue weighted by atomic mass is 31.2. The number of carbonyl (C=O) groups excluding carboxylic acids is 2. The Labute approximate surface area is 438 Å². The van der Waals surface area contributed by atoms with Crippen molar-refractivity contribution in [2.45, 2.75) is 258 Å². The molecule has 2 atom stereocenters. The van der Waals surface area contributed by atoms with E-state index in [1.54, 1.807) is 0 Å². The summed E-state index contributed by atoms with van der Waals surface area (Å²) in [6.07, 6.45) is 68.3. The van der Waals surface area contributed by atoms with Gasteiger partial charge in [-0.15, -0.1) is 0 Å². The van der Waals surface area contributed by atoms with Gasteiger partial charge in [0.15, 0.2) is 6.10 Å². The molecular formula is C61H110NO8P. The zero-order chi connectivity index (χ0) is 52.0. The summed E-state index contributed by atoms with van der Waals surface area (Å²) in [6, 6.07) is 0. The van der Waals surface area contributed by atoms with Crippen molar-refractivity contribution in [2.75, 3.05) is 47.5 Å². The van der Waals surface area contributed by atoms with Crippen LogP contribution in [0.1, 0.15) is 251 Å². The second kappa shape index (κ2) is 52.3. The van der Waals surface area contributed by atoms with E-state index in [4.69, 9.17) is 18.5 Å². The molecule has 0 aromatic carbocycles. The van der Waals surface area contributed by atoms with Crippen molar-refractivity contribution in [2.24, 2.45) is 0 Å². The first-order valence-electron chi connectivity index (χ1n) is 29.1. The lowest BCUT2D eigenvalue weighted by Crippen LogP contribution is -2.37. The van der Waals surface area contributed by atoms with Crippen molar-refractivity contribution in [3.8, 4) is 0 Å². The van der Waals surface area contributed by atoms with Crippen molar-refractivity contribution in [3.63, 3.8) is 0 Å². The molecule has 0 bridgehead atoms. The summed E-state index contributed by atoms with van der Waals surface area (Å²) in [6.45, 7) is 4.12. The Hall–Kier alpha value is -2.55. The summed E-state index contributed by atoms with van der Waals surface area (Å²) >= 11 is 0. The van der Waals surface area contributed by atoms with E-state index in [1.807, 2.05) is 21.1 Å². The van der Waals surface area contributed by atoms with Gasteiger partial charge in [0.25, 0.3) is 7.82 Å². The van der Waals surface area contributed by atoms with Crippen LogP contribution in [0.4, 0.5) is 0 Å². The van der Waals surface area contributed by atoms with E-state index in [0.29, 0.717) is 17.4 Å². The quantitative estimate of drug-likeness (QED) is 0.0195. The highest BCUT2D eigenvalue weighted by Gasteiger charge is 2.22. The molecule has 71 heavy (non-hydrogen) atoms. The summed E-state index contributed by atoms with van der Waals surface area (Å²) in [5.41, 5.74) is 0. The van der Waals surface area contributed by atoms with Gasteiger partial charge in [-0.3, -0.25) is 14.2 Å². The maximum absolute atomic E-state index is 12.8. The lowest BCUT2D eigenvalue weighted by molar-refractivity contribution is -0.870. The van der Waals surface area contributed by atoms with Crippen LogP contribution in [0, 0.1) is 0 Å². The summed E-state index contributed by atoms with van der Waals surface area (Å²) in [4.78, 5) is 37.7. The van der Waals surface area contributed by atoms with Gasteiger partial charge in [0, 0.05) is 12.8 Å². The van der Waals surface area contributed by atoms with E-state index in [-0.39, 0.29) is 32.0 Å². The predicted octanol–water partition coefficient (Wildman–Crippen LogP) is 17.5. The molecule has 0 aliphatic rings. The third-order valence-corrected chi connectivity index (χ3v) is 13.5. The van der Waals surface area contributed by atoms with E-state index in [2.05, 4.69) is 86.8 Å². The van der Waals surface area contributed by atoms with E-state index >= 15 is 0 Å². The van der Waals surface area contributed by atoms with Crippen LogP contribution in [-0.4, -0.2) is 70.0 Å². The van der Waals surface area contributed by atoms with Gasteiger partial charge in [-0.1, -0.05) is 247 Å². The van der Waals surface area contributed by atoms with Crippen LogP contribution in [0.2, 0.25) is 0 Å². The molecule has 0 saturated heterocycles. The SMILES string of the molecule is CC/C=C\C/C=C\C/C=C\C/C=C\C/C=C\C/C=C\CCCCCCCCCCCCCCCCCCCCC(=O)OC(COC(=O)CCCCCCCCCCCC)COP(=O)([O-])OCC[N+](C)(C)C. The smallest absolute Gasteiger partial charge is 0.306 e. The third kappa shape index (κ3) is 56.6. The fourth-order valence-corrected chi connectivity index (χ4v) is 8.74. The fraction of sp³-hybridized carbons (Fsp3) is 0.770. The molecule has 0 aliphatic carbocycles. The number of carbonyl (C=O) groups is 2. The first kappa shape index (κ1) is 68.5. The standard InChI is InChI=1S/C61H110NO8P/c1-6-8-10-12-14-16-18-19-20-21-22-23-24-25-26-27-28-29-30-31-32-33-34-35-36-37-38-39-40-41-42-43-44-46-48-50-52-54-61(64)70-59(58-69-71(65,66)68-56-55-62(3,4)5)57-67-60(63)53-51-49-47-45-17-15-13-11-9-7-2/h8,10,14,16,19-20,22-23,25-26,28-29,59H,6-7,9,11-13,15,17-18,21,24,27,30-58H2,1-5H3/b10-8-,16-14-,20-19-,23-22-,26-25-,29-28-. The van der Waals surface area contributed by atoms with Crippen LogP contribution in [0.25, 0.3) is 0 Å². The summed E-state index contributed by atoms with van der Waals surface area (Å²) in [5, 5.41) is 0. The summed E-state index contributed by atoms with van der Waals surface area (Å²) in [5.74, 6) is -0.828. The Morgan fingerprint density at radius 1 is 0.451 bits per heavy atom. The number of unbranched alkanes of at least 4 members (excludes halogenated alkanes) is 27. The molecule has 0 N–H and O–H groups in total. The number of esters is 2. The maximum atomic E-state index is 12.8. The molecule has 9 nitrogen and oxygen atoms in total. The number of hydrogen-bond donors (Lipinski definition) is 0. The minimum Gasteiger partial charge on any atom is -0.756 e. The number of ether oxygens (including phenoxy) is 2. The molecule has 0 spiro atoms. The summed E-state index contributed by atoms with van der Waals surface area (Å²) < 4.78 is 34.0. The number of quaternary nitrogens is 1. The van der Waals surface area contributed by atoms with Crippen LogP contribution in [-0.2, 0) is 32.7 Å². The molecule has 412 valence electrons. The van der Waals surface area contributed by atoms with E-state index in [1.165, 1.54) is 141 Å². The summed E-state index contributed by atoms with van der Waals surface area (Å²) in [7, 11) is 1.17. The zero-order valence-electron chi connectivity index (χ0n) is 46.7. The van der Waals surface area contributed by atoms with Crippen LogP contribution in [0.3, 0.4) is 0 Å². The van der Waals surface area contributed by atoms with Gasteiger partial charge < -0.3 is 27.9 Å². The molecule has 0 aromatic heterocycles.